The van der Waals surface area contributed by atoms with Crippen LogP contribution >= 0.6 is 0 Å². The predicted molar refractivity (Wildman–Crippen MR) is 67.1 cm³/mol. The van der Waals surface area contributed by atoms with Crippen molar-refractivity contribution in [2.75, 3.05) is 0 Å². The molecule has 1 rings (SSSR count). The standard InChI is InChI=1S/C14H20N2/c1-5-11-6-8-12(9-7-11)13(10-15)16-14(2,3)4/h6-9,13,16H,5H2,1-4H3. The molecule has 1 unspecified atom stereocenters. The van der Waals surface area contributed by atoms with Crippen molar-refractivity contribution in [3.05, 3.63) is 35.4 Å². The Kier molecular flexibility index (Phi) is 4.09. The highest BCUT2D eigenvalue weighted by Gasteiger charge is 2.17. The minimum Gasteiger partial charge on any atom is -0.293 e. The highest BCUT2D eigenvalue weighted by atomic mass is 15.0. The summed E-state index contributed by atoms with van der Waals surface area (Å²) in [5.41, 5.74) is 2.29. The van der Waals surface area contributed by atoms with E-state index < -0.39 is 0 Å². The van der Waals surface area contributed by atoms with E-state index in [0.717, 1.165) is 12.0 Å². The highest BCUT2D eigenvalue weighted by molar-refractivity contribution is 5.28. The van der Waals surface area contributed by atoms with Gasteiger partial charge in [-0.25, -0.2) is 0 Å². The normalized spacial score (nSPS) is 13.2. The lowest BCUT2D eigenvalue weighted by Gasteiger charge is -2.24. The lowest BCUT2D eigenvalue weighted by atomic mass is 10.0. The molecule has 0 heterocycles. The van der Waals surface area contributed by atoms with E-state index in [9.17, 15) is 0 Å². The molecule has 16 heavy (non-hydrogen) atoms. The van der Waals surface area contributed by atoms with Crippen molar-refractivity contribution in [2.45, 2.75) is 45.7 Å². The Morgan fingerprint density at radius 2 is 1.81 bits per heavy atom. The first-order chi connectivity index (χ1) is 7.46. The molecule has 0 amide bonds. The van der Waals surface area contributed by atoms with Crippen LogP contribution in [0.4, 0.5) is 0 Å². The second-order valence-corrected chi connectivity index (χ2v) is 5.05. The largest absolute Gasteiger partial charge is 0.293 e. The summed E-state index contributed by atoms with van der Waals surface area (Å²) >= 11 is 0. The van der Waals surface area contributed by atoms with Gasteiger partial charge < -0.3 is 0 Å². The van der Waals surface area contributed by atoms with Gasteiger partial charge in [-0.05, 0) is 38.3 Å². The van der Waals surface area contributed by atoms with E-state index in [-0.39, 0.29) is 11.6 Å². The lowest BCUT2D eigenvalue weighted by molar-refractivity contribution is 0.400. The number of nitrogens with zero attached hydrogens (tertiary/aromatic N) is 1. The fourth-order valence-corrected chi connectivity index (χ4v) is 1.57. The second-order valence-electron chi connectivity index (χ2n) is 5.05. The summed E-state index contributed by atoms with van der Waals surface area (Å²) in [6.45, 7) is 8.33. The molecule has 0 fully saturated rings. The van der Waals surface area contributed by atoms with Gasteiger partial charge in [-0.3, -0.25) is 5.32 Å². The minimum atomic E-state index is -0.231. The molecule has 0 saturated heterocycles. The van der Waals surface area contributed by atoms with Gasteiger partial charge in [0.05, 0.1) is 6.07 Å². The topological polar surface area (TPSA) is 35.8 Å². The van der Waals surface area contributed by atoms with E-state index in [4.69, 9.17) is 5.26 Å². The van der Waals surface area contributed by atoms with Crippen LogP contribution in [-0.4, -0.2) is 5.54 Å². The first-order valence-electron chi connectivity index (χ1n) is 5.72. The van der Waals surface area contributed by atoms with Gasteiger partial charge in [0.25, 0.3) is 0 Å². The van der Waals surface area contributed by atoms with Crippen molar-refractivity contribution < 1.29 is 0 Å². The summed E-state index contributed by atoms with van der Waals surface area (Å²) in [6, 6.07) is 10.3. The fraction of sp³-hybridized carbons (Fsp3) is 0.500. The number of hydrogen-bond donors (Lipinski definition) is 1. The van der Waals surface area contributed by atoms with Crippen LogP contribution in [0, 0.1) is 11.3 Å². The molecular weight excluding hydrogens is 196 g/mol. The maximum absolute atomic E-state index is 9.16. The number of rotatable bonds is 3. The average Bonchev–Trinajstić information content (AvgIpc) is 2.25. The Labute approximate surface area is 98.3 Å². The SMILES string of the molecule is CCc1ccc(C(C#N)NC(C)(C)C)cc1. The molecule has 0 aromatic heterocycles. The van der Waals surface area contributed by atoms with Crippen LogP contribution in [0.2, 0.25) is 0 Å². The lowest BCUT2D eigenvalue weighted by Crippen LogP contribution is -2.38. The Hall–Kier alpha value is -1.33. The summed E-state index contributed by atoms with van der Waals surface area (Å²) in [7, 11) is 0. The van der Waals surface area contributed by atoms with Gasteiger partial charge in [0.15, 0.2) is 0 Å². The van der Waals surface area contributed by atoms with E-state index in [2.05, 4.69) is 51.2 Å². The first kappa shape index (κ1) is 12.7. The Bertz CT molecular complexity index is 365. The quantitative estimate of drug-likeness (QED) is 0.842. The summed E-state index contributed by atoms with van der Waals surface area (Å²) in [5, 5.41) is 12.5. The number of nitrogens with one attached hydrogen (secondary N) is 1. The molecule has 1 aromatic rings. The highest BCUT2D eigenvalue weighted by Crippen LogP contribution is 2.17. The van der Waals surface area contributed by atoms with Crippen LogP contribution < -0.4 is 5.32 Å². The predicted octanol–water partition coefficient (Wildman–Crippen LogP) is 3.20. The Morgan fingerprint density at radius 1 is 1.25 bits per heavy atom. The van der Waals surface area contributed by atoms with Gasteiger partial charge in [-0.1, -0.05) is 31.2 Å². The van der Waals surface area contributed by atoms with Crippen molar-refractivity contribution in [3.8, 4) is 6.07 Å². The number of nitriles is 1. The van der Waals surface area contributed by atoms with E-state index in [0.29, 0.717) is 0 Å². The van der Waals surface area contributed by atoms with Crippen LogP contribution in [0.1, 0.15) is 44.9 Å². The molecular formula is C14H20N2. The maximum Gasteiger partial charge on any atom is 0.121 e. The zero-order valence-corrected chi connectivity index (χ0v) is 10.5. The average molecular weight is 216 g/mol. The fourth-order valence-electron chi connectivity index (χ4n) is 1.57. The van der Waals surface area contributed by atoms with Crippen molar-refractivity contribution in [1.82, 2.24) is 5.32 Å². The van der Waals surface area contributed by atoms with Crippen LogP contribution in [0.25, 0.3) is 0 Å². The Balaban J connectivity index is 2.84. The van der Waals surface area contributed by atoms with E-state index in [1.807, 2.05) is 12.1 Å². The van der Waals surface area contributed by atoms with Gasteiger partial charge >= 0.3 is 0 Å². The maximum atomic E-state index is 9.16. The summed E-state index contributed by atoms with van der Waals surface area (Å²) in [4.78, 5) is 0. The van der Waals surface area contributed by atoms with Gasteiger partial charge in [0.1, 0.15) is 6.04 Å². The number of hydrogen-bond acceptors (Lipinski definition) is 2. The van der Waals surface area contributed by atoms with Crippen molar-refractivity contribution >= 4 is 0 Å². The zero-order valence-electron chi connectivity index (χ0n) is 10.5. The van der Waals surface area contributed by atoms with E-state index >= 15 is 0 Å². The molecule has 1 N–H and O–H groups in total. The number of aryl methyl sites for hydroxylation is 1. The van der Waals surface area contributed by atoms with Crippen molar-refractivity contribution in [2.24, 2.45) is 0 Å². The van der Waals surface area contributed by atoms with Crippen LogP contribution in [-0.2, 0) is 6.42 Å². The third-order valence-corrected chi connectivity index (χ3v) is 2.43. The molecule has 86 valence electrons. The minimum absolute atomic E-state index is 0.0518. The third-order valence-electron chi connectivity index (χ3n) is 2.43. The Morgan fingerprint density at radius 3 is 2.19 bits per heavy atom. The zero-order chi connectivity index (χ0) is 12.2. The summed E-state index contributed by atoms with van der Waals surface area (Å²) < 4.78 is 0. The number of benzene rings is 1. The molecule has 0 saturated carbocycles. The van der Waals surface area contributed by atoms with Gasteiger partial charge in [0, 0.05) is 5.54 Å². The van der Waals surface area contributed by atoms with E-state index in [1.165, 1.54) is 5.56 Å². The van der Waals surface area contributed by atoms with Crippen LogP contribution in [0.15, 0.2) is 24.3 Å². The molecule has 0 radical (unpaired) electrons. The molecule has 1 atom stereocenters. The summed E-state index contributed by atoms with van der Waals surface area (Å²) in [5.74, 6) is 0. The van der Waals surface area contributed by atoms with Crippen molar-refractivity contribution in [3.63, 3.8) is 0 Å². The molecule has 0 spiro atoms. The molecule has 1 aromatic carbocycles. The van der Waals surface area contributed by atoms with Gasteiger partial charge in [-0.2, -0.15) is 5.26 Å². The molecule has 2 nitrogen and oxygen atoms in total. The van der Waals surface area contributed by atoms with Crippen LogP contribution in [0.5, 0.6) is 0 Å². The van der Waals surface area contributed by atoms with Gasteiger partial charge in [-0.15, -0.1) is 0 Å². The smallest absolute Gasteiger partial charge is 0.121 e. The third kappa shape index (κ3) is 3.67. The molecule has 0 bridgehead atoms. The van der Waals surface area contributed by atoms with Gasteiger partial charge in [0.2, 0.25) is 0 Å². The second kappa shape index (κ2) is 5.14. The monoisotopic (exact) mass is 216 g/mol. The molecule has 2 heteroatoms. The summed E-state index contributed by atoms with van der Waals surface area (Å²) in [6.07, 6.45) is 1.03. The van der Waals surface area contributed by atoms with Crippen molar-refractivity contribution in [1.29, 1.82) is 5.26 Å². The van der Waals surface area contributed by atoms with E-state index in [1.54, 1.807) is 0 Å². The first-order valence-corrected chi connectivity index (χ1v) is 5.72. The molecule has 0 aliphatic heterocycles. The van der Waals surface area contributed by atoms with Crippen LogP contribution in [0.3, 0.4) is 0 Å². The molecule has 0 aliphatic carbocycles. The molecule has 0 aliphatic rings.